The van der Waals surface area contributed by atoms with Crippen LogP contribution in [0.2, 0.25) is 5.02 Å². The number of hydrogen-bond acceptors (Lipinski definition) is 5. The van der Waals surface area contributed by atoms with Gasteiger partial charge in [0.05, 0.1) is 23.9 Å². The number of ether oxygens (including phenoxy) is 2. The Hall–Kier alpha value is -1.79. The molecule has 0 atom stereocenters. The molecule has 2 aromatic rings. The van der Waals surface area contributed by atoms with Crippen molar-refractivity contribution in [2.45, 2.75) is 25.2 Å². The van der Waals surface area contributed by atoms with Gasteiger partial charge in [0, 0.05) is 23.3 Å². The van der Waals surface area contributed by atoms with E-state index in [1.54, 1.807) is 12.1 Å². The molecular weight excluding hydrogens is 336 g/mol. The second kappa shape index (κ2) is 6.02. The maximum Gasteiger partial charge on any atom is 0.257 e. The zero-order chi connectivity index (χ0) is 15.8. The summed E-state index contributed by atoms with van der Waals surface area (Å²) >= 11 is 7.67. The molecule has 0 saturated heterocycles. The monoisotopic (exact) mass is 350 g/mol. The van der Waals surface area contributed by atoms with E-state index in [0.717, 1.165) is 12.1 Å². The summed E-state index contributed by atoms with van der Waals surface area (Å²) in [6.45, 7) is 1.10. The highest BCUT2D eigenvalue weighted by Crippen LogP contribution is 2.41. The van der Waals surface area contributed by atoms with Crippen LogP contribution >= 0.6 is 22.9 Å². The lowest BCUT2D eigenvalue weighted by atomic mass is 10.2. The predicted molar refractivity (Wildman–Crippen MR) is 89.1 cm³/mol. The van der Waals surface area contributed by atoms with Gasteiger partial charge >= 0.3 is 0 Å². The molecule has 1 aliphatic carbocycles. The Labute approximate surface area is 142 Å². The number of aromatic nitrogens is 1. The molecule has 120 valence electrons. The second-order valence-corrected chi connectivity index (χ2v) is 6.91. The van der Waals surface area contributed by atoms with Crippen molar-refractivity contribution in [1.82, 2.24) is 4.98 Å². The first-order valence-corrected chi connectivity index (χ1v) is 8.82. The third-order valence-corrected chi connectivity index (χ3v) is 4.86. The lowest BCUT2D eigenvalue weighted by Gasteiger charge is -2.11. The molecule has 0 spiro atoms. The number of anilines is 1. The third-order valence-electron chi connectivity index (χ3n) is 3.80. The molecule has 1 aromatic carbocycles. The Morgan fingerprint density at radius 1 is 1.30 bits per heavy atom. The molecule has 2 heterocycles. The third kappa shape index (κ3) is 3.14. The number of halogens is 1. The van der Waals surface area contributed by atoms with Crippen LogP contribution < -0.4 is 14.8 Å². The minimum absolute atomic E-state index is 0.251. The smallest absolute Gasteiger partial charge is 0.257 e. The standard InChI is InChI=1S/C16H15ClN2O3S/c17-11-6-10(7-13-14(11)22-5-1-4-21-13)15(20)19-16-18-12(8-23-16)9-2-3-9/h6-9H,1-5H2,(H,18,19,20). The fourth-order valence-electron chi connectivity index (χ4n) is 2.44. The van der Waals surface area contributed by atoms with Crippen molar-refractivity contribution in [2.24, 2.45) is 0 Å². The molecule has 7 heteroatoms. The Morgan fingerprint density at radius 2 is 2.13 bits per heavy atom. The molecule has 1 aromatic heterocycles. The second-order valence-electron chi connectivity index (χ2n) is 5.64. The zero-order valence-corrected chi connectivity index (χ0v) is 13.9. The van der Waals surface area contributed by atoms with Crippen LogP contribution in [0, 0.1) is 0 Å². The Balaban J connectivity index is 1.55. The van der Waals surface area contributed by atoms with E-state index in [9.17, 15) is 4.79 Å². The molecule has 0 radical (unpaired) electrons. The fourth-order valence-corrected chi connectivity index (χ4v) is 3.49. The highest BCUT2D eigenvalue weighted by molar-refractivity contribution is 7.14. The van der Waals surface area contributed by atoms with Crippen molar-refractivity contribution in [2.75, 3.05) is 18.5 Å². The van der Waals surface area contributed by atoms with Crippen LogP contribution in [-0.2, 0) is 0 Å². The van der Waals surface area contributed by atoms with Gasteiger partial charge in [-0.05, 0) is 25.0 Å². The van der Waals surface area contributed by atoms with E-state index in [1.165, 1.54) is 24.2 Å². The van der Waals surface area contributed by atoms with Crippen molar-refractivity contribution < 1.29 is 14.3 Å². The van der Waals surface area contributed by atoms with Gasteiger partial charge in [-0.1, -0.05) is 11.6 Å². The lowest BCUT2D eigenvalue weighted by molar-refractivity contribution is 0.102. The largest absolute Gasteiger partial charge is 0.489 e. The first-order chi connectivity index (χ1) is 11.2. The molecule has 1 aliphatic heterocycles. The number of nitrogens with zero attached hydrogens (tertiary/aromatic N) is 1. The van der Waals surface area contributed by atoms with E-state index < -0.39 is 0 Å². The lowest BCUT2D eigenvalue weighted by Crippen LogP contribution is -2.12. The van der Waals surface area contributed by atoms with Gasteiger partial charge in [-0.2, -0.15) is 0 Å². The molecule has 0 unspecified atom stereocenters. The van der Waals surface area contributed by atoms with Crippen LogP contribution in [0.15, 0.2) is 17.5 Å². The molecule has 0 bridgehead atoms. The van der Waals surface area contributed by atoms with Gasteiger partial charge in [-0.15, -0.1) is 11.3 Å². The number of carbonyl (C=O) groups excluding carboxylic acids is 1. The number of carbonyl (C=O) groups is 1. The number of fused-ring (bicyclic) bond motifs is 1. The van der Waals surface area contributed by atoms with Crippen molar-refractivity contribution in [3.63, 3.8) is 0 Å². The summed E-state index contributed by atoms with van der Waals surface area (Å²) in [5, 5.41) is 5.83. The Kier molecular flexibility index (Phi) is 3.87. The van der Waals surface area contributed by atoms with Gasteiger partial charge in [0.1, 0.15) is 0 Å². The predicted octanol–water partition coefficient (Wildman–Crippen LogP) is 4.09. The highest BCUT2D eigenvalue weighted by atomic mass is 35.5. The van der Waals surface area contributed by atoms with Crippen LogP contribution in [0.1, 0.15) is 41.2 Å². The normalized spacial score (nSPS) is 16.7. The SMILES string of the molecule is O=C(Nc1nc(C2CC2)cs1)c1cc(Cl)c2c(c1)OCCCO2. The van der Waals surface area contributed by atoms with E-state index in [2.05, 4.69) is 10.3 Å². The maximum atomic E-state index is 12.4. The highest BCUT2D eigenvalue weighted by Gasteiger charge is 2.26. The minimum Gasteiger partial charge on any atom is -0.489 e. The molecule has 1 fully saturated rings. The fraction of sp³-hybridized carbons (Fsp3) is 0.375. The number of hydrogen-bond donors (Lipinski definition) is 1. The molecular formula is C16H15ClN2O3S. The average molecular weight is 351 g/mol. The molecule has 2 aliphatic rings. The maximum absolute atomic E-state index is 12.4. The first kappa shape index (κ1) is 14.8. The Morgan fingerprint density at radius 3 is 2.96 bits per heavy atom. The summed E-state index contributed by atoms with van der Waals surface area (Å²) in [5.41, 5.74) is 1.50. The minimum atomic E-state index is -0.251. The van der Waals surface area contributed by atoms with Crippen LogP contribution in [-0.4, -0.2) is 24.1 Å². The summed E-state index contributed by atoms with van der Waals surface area (Å²) in [4.78, 5) is 16.9. The zero-order valence-electron chi connectivity index (χ0n) is 12.3. The van der Waals surface area contributed by atoms with E-state index in [0.29, 0.717) is 46.3 Å². The summed E-state index contributed by atoms with van der Waals surface area (Å²) in [7, 11) is 0. The van der Waals surface area contributed by atoms with E-state index in [4.69, 9.17) is 21.1 Å². The Bertz CT molecular complexity index is 758. The van der Waals surface area contributed by atoms with Gasteiger partial charge in [0.25, 0.3) is 5.91 Å². The van der Waals surface area contributed by atoms with Crippen LogP contribution in [0.3, 0.4) is 0 Å². The first-order valence-electron chi connectivity index (χ1n) is 7.56. The summed E-state index contributed by atoms with van der Waals surface area (Å²) in [5.74, 6) is 1.34. The number of benzene rings is 1. The van der Waals surface area contributed by atoms with Gasteiger partial charge in [-0.3, -0.25) is 10.1 Å². The molecule has 1 amide bonds. The molecule has 1 N–H and O–H groups in total. The summed E-state index contributed by atoms with van der Waals surface area (Å²) in [6, 6.07) is 3.26. The summed E-state index contributed by atoms with van der Waals surface area (Å²) < 4.78 is 11.2. The van der Waals surface area contributed by atoms with Crippen LogP contribution in [0.5, 0.6) is 11.5 Å². The van der Waals surface area contributed by atoms with E-state index >= 15 is 0 Å². The number of rotatable bonds is 3. The van der Waals surface area contributed by atoms with E-state index in [1.807, 2.05) is 5.38 Å². The van der Waals surface area contributed by atoms with Crippen LogP contribution in [0.25, 0.3) is 0 Å². The quantitative estimate of drug-likeness (QED) is 0.905. The van der Waals surface area contributed by atoms with Crippen LogP contribution in [0.4, 0.5) is 5.13 Å². The van der Waals surface area contributed by atoms with Gasteiger partial charge < -0.3 is 9.47 Å². The summed E-state index contributed by atoms with van der Waals surface area (Å²) in [6.07, 6.45) is 3.17. The van der Waals surface area contributed by atoms with Crippen molar-refractivity contribution in [3.05, 3.63) is 33.8 Å². The van der Waals surface area contributed by atoms with E-state index in [-0.39, 0.29) is 5.91 Å². The van der Waals surface area contributed by atoms with Crippen molar-refractivity contribution >= 4 is 34.0 Å². The van der Waals surface area contributed by atoms with Gasteiger partial charge in [0.2, 0.25) is 0 Å². The number of nitrogens with one attached hydrogen (secondary N) is 1. The van der Waals surface area contributed by atoms with Gasteiger partial charge in [0.15, 0.2) is 16.6 Å². The van der Waals surface area contributed by atoms with Crippen molar-refractivity contribution in [1.29, 1.82) is 0 Å². The molecule has 1 saturated carbocycles. The topological polar surface area (TPSA) is 60.5 Å². The van der Waals surface area contributed by atoms with Crippen molar-refractivity contribution in [3.8, 4) is 11.5 Å². The van der Waals surface area contributed by atoms with Gasteiger partial charge in [-0.25, -0.2) is 4.98 Å². The number of amides is 1. The molecule has 4 rings (SSSR count). The number of thiazole rings is 1. The average Bonchev–Trinajstić information content (AvgIpc) is 3.32. The molecule has 5 nitrogen and oxygen atoms in total. The molecule has 23 heavy (non-hydrogen) atoms.